The highest BCUT2D eigenvalue weighted by molar-refractivity contribution is 5.98. The van der Waals surface area contributed by atoms with Crippen LogP contribution < -0.4 is 0 Å². The molecule has 2 aliphatic rings. The number of phenolic OH excluding ortho intramolecular Hbond substituents is 1. The number of amides is 1. The SMILES string of the molecule is O=C(c1cccc([N+](=O)[O-])c1O)N1CCO[C@@]2(CCc3ccccc32)C1. The lowest BCUT2D eigenvalue weighted by molar-refractivity contribution is -0.385. The van der Waals surface area contributed by atoms with Crippen molar-refractivity contribution in [1.29, 1.82) is 0 Å². The first-order valence-electron chi connectivity index (χ1n) is 8.50. The van der Waals surface area contributed by atoms with Gasteiger partial charge in [0.1, 0.15) is 5.60 Å². The Hall–Kier alpha value is -2.93. The maximum atomic E-state index is 12.9. The summed E-state index contributed by atoms with van der Waals surface area (Å²) in [6.45, 7) is 1.13. The van der Waals surface area contributed by atoms with Gasteiger partial charge in [-0.1, -0.05) is 30.3 Å². The molecule has 1 aliphatic heterocycles. The summed E-state index contributed by atoms with van der Waals surface area (Å²) in [5.41, 5.74) is 1.26. The number of phenols is 1. The first-order chi connectivity index (χ1) is 12.5. The molecule has 1 fully saturated rings. The summed E-state index contributed by atoms with van der Waals surface area (Å²) in [4.78, 5) is 24.9. The van der Waals surface area contributed by atoms with E-state index in [0.29, 0.717) is 19.7 Å². The maximum Gasteiger partial charge on any atom is 0.311 e. The molecule has 26 heavy (non-hydrogen) atoms. The Bertz CT molecular complexity index is 893. The molecule has 1 heterocycles. The Balaban J connectivity index is 1.65. The summed E-state index contributed by atoms with van der Waals surface area (Å²) in [5, 5.41) is 21.2. The Morgan fingerprint density at radius 2 is 2.04 bits per heavy atom. The normalized spacial score (nSPS) is 21.6. The van der Waals surface area contributed by atoms with Gasteiger partial charge in [0.2, 0.25) is 5.75 Å². The molecule has 4 rings (SSSR count). The van der Waals surface area contributed by atoms with Gasteiger partial charge < -0.3 is 14.7 Å². The third-order valence-electron chi connectivity index (χ3n) is 5.22. The van der Waals surface area contributed by atoms with Crippen LogP contribution in [0, 0.1) is 10.1 Å². The molecule has 0 bridgehead atoms. The summed E-state index contributed by atoms with van der Waals surface area (Å²) in [7, 11) is 0. The average molecular weight is 354 g/mol. The predicted octanol–water partition coefficient (Wildman–Crippen LogP) is 2.61. The second-order valence-corrected chi connectivity index (χ2v) is 6.66. The second-order valence-electron chi connectivity index (χ2n) is 6.66. The fraction of sp³-hybridized carbons (Fsp3) is 0.316. The first-order valence-corrected chi connectivity index (χ1v) is 8.50. The van der Waals surface area contributed by atoms with E-state index in [-0.39, 0.29) is 5.56 Å². The maximum absolute atomic E-state index is 12.9. The summed E-state index contributed by atoms with van der Waals surface area (Å²) in [5.74, 6) is -1.01. The van der Waals surface area contributed by atoms with Gasteiger partial charge in [-0.05, 0) is 30.0 Å². The van der Waals surface area contributed by atoms with Crippen molar-refractivity contribution in [2.75, 3.05) is 19.7 Å². The fourth-order valence-corrected chi connectivity index (χ4v) is 3.95. The molecule has 0 saturated carbocycles. The number of nitrogens with zero attached hydrogens (tertiary/aromatic N) is 2. The van der Waals surface area contributed by atoms with Crippen LogP contribution in [0.2, 0.25) is 0 Å². The van der Waals surface area contributed by atoms with Crippen molar-refractivity contribution < 1.29 is 19.6 Å². The van der Waals surface area contributed by atoms with Crippen LogP contribution in [0.15, 0.2) is 42.5 Å². The quantitative estimate of drug-likeness (QED) is 0.661. The molecule has 1 aliphatic carbocycles. The lowest BCUT2D eigenvalue weighted by atomic mass is 9.93. The van der Waals surface area contributed by atoms with Gasteiger partial charge in [0.15, 0.2) is 0 Å². The van der Waals surface area contributed by atoms with Crippen molar-refractivity contribution in [2.45, 2.75) is 18.4 Å². The summed E-state index contributed by atoms with van der Waals surface area (Å²) in [6.07, 6.45) is 1.68. The number of ether oxygens (including phenoxy) is 1. The molecule has 1 atom stereocenters. The monoisotopic (exact) mass is 354 g/mol. The van der Waals surface area contributed by atoms with E-state index in [9.17, 15) is 20.0 Å². The van der Waals surface area contributed by atoms with Gasteiger partial charge in [0.05, 0.1) is 23.6 Å². The minimum Gasteiger partial charge on any atom is -0.502 e. The highest BCUT2D eigenvalue weighted by Crippen LogP contribution is 2.42. The van der Waals surface area contributed by atoms with E-state index in [0.717, 1.165) is 18.4 Å². The average Bonchev–Trinajstić information content (AvgIpc) is 2.99. The van der Waals surface area contributed by atoms with Crippen LogP contribution in [0.25, 0.3) is 0 Å². The number of nitro benzene ring substituents is 1. The first kappa shape index (κ1) is 16.5. The fourth-order valence-electron chi connectivity index (χ4n) is 3.95. The summed E-state index contributed by atoms with van der Waals surface area (Å²) >= 11 is 0. The highest BCUT2D eigenvalue weighted by Gasteiger charge is 2.44. The number of hydrogen-bond acceptors (Lipinski definition) is 5. The number of fused-ring (bicyclic) bond motifs is 2. The van der Waals surface area contributed by atoms with Crippen molar-refractivity contribution in [3.05, 3.63) is 69.3 Å². The molecule has 0 unspecified atom stereocenters. The number of hydrogen-bond donors (Lipinski definition) is 1. The van der Waals surface area contributed by atoms with E-state index in [1.807, 2.05) is 18.2 Å². The van der Waals surface area contributed by atoms with Crippen LogP contribution >= 0.6 is 0 Å². The van der Waals surface area contributed by atoms with Gasteiger partial charge in [-0.25, -0.2) is 0 Å². The Kier molecular flexibility index (Phi) is 3.88. The van der Waals surface area contributed by atoms with Crippen LogP contribution in [0.3, 0.4) is 0 Å². The van der Waals surface area contributed by atoms with E-state index >= 15 is 0 Å². The standard InChI is InChI=1S/C19H18N2O5/c22-17-14(5-3-7-16(17)21(24)25)18(23)20-10-11-26-19(12-20)9-8-13-4-1-2-6-15(13)19/h1-7,22H,8-12H2/t19-/m0/s1. The van der Waals surface area contributed by atoms with Crippen molar-refractivity contribution in [2.24, 2.45) is 0 Å². The van der Waals surface area contributed by atoms with Gasteiger partial charge in [-0.3, -0.25) is 14.9 Å². The molecule has 1 amide bonds. The molecule has 2 aromatic carbocycles. The van der Waals surface area contributed by atoms with Crippen LogP contribution in [0.5, 0.6) is 5.75 Å². The zero-order valence-electron chi connectivity index (χ0n) is 14.1. The Morgan fingerprint density at radius 3 is 2.85 bits per heavy atom. The number of aryl methyl sites for hydroxylation is 1. The zero-order valence-corrected chi connectivity index (χ0v) is 14.1. The zero-order chi connectivity index (χ0) is 18.3. The molecular weight excluding hydrogens is 336 g/mol. The molecule has 7 heteroatoms. The molecule has 1 saturated heterocycles. The third-order valence-corrected chi connectivity index (χ3v) is 5.22. The largest absolute Gasteiger partial charge is 0.502 e. The van der Waals surface area contributed by atoms with Crippen molar-refractivity contribution >= 4 is 11.6 Å². The Morgan fingerprint density at radius 1 is 1.23 bits per heavy atom. The topological polar surface area (TPSA) is 92.9 Å². The number of aromatic hydroxyl groups is 1. The number of rotatable bonds is 2. The van der Waals surface area contributed by atoms with E-state index in [2.05, 4.69) is 6.07 Å². The second kappa shape index (κ2) is 6.10. The molecular formula is C19H18N2O5. The van der Waals surface area contributed by atoms with Gasteiger partial charge in [-0.2, -0.15) is 0 Å². The Labute approximate surface area is 150 Å². The molecule has 0 aromatic heterocycles. The molecule has 1 spiro atoms. The molecule has 1 N–H and O–H groups in total. The molecule has 2 aromatic rings. The van der Waals surface area contributed by atoms with Crippen molar-refractivity contribution in [1.82, 2.24) is 4.90 Å². The van der Waals surface area contributed by atoms with Gasteiger partial charge in [0.25, 0.3) is 5.91 Å². The third kappa shape index (κ3) is 2.52. The van der Waals surface area contributed by atoms with Crippen LogP contribution in [0.4, 0.5) is 5.69 Å². The van der Waals surface area contributed by atoms with Crippen molar-refractivity contribution in [3.8, 4) is 5.75 Å². The number of nitro groups is 1. The van der Waals surface area contributed by atoms with Gasteiger partial charge in [0, 0.05) is 12.6 Å². The molecule has 0 radical (unpaired) electrons. The van der Waals surface area contributed by atoms with E-state index < -0.39 is 27.9 Å². The molecule has 7 nitrogen and oxygen atoms in total. The van der Waals surface area contributed by atoms with Crippen LogP contribution in [0.1, 0.15) is 27.9 Å². The number of carbonyl (C=O) groups excluding carboxylic acids is 1. The van der Waals surface area contributed by atoms with E-state index in [1.54, 1.807) is 4.90 Å². The smallest absolute Gasteiger partial charge is 0.311 e. The number of benzene rings is 2. The lowest BCUT2D eigenvalue weighted by Gasteiger charge is -2.41. The van der Waals surface area contributed by atoms with E-state index in [4.69, 9.17) is 4.74 Å². The minimum absolute atomic E-state index is 0.0532. The number of morpholine rings is 1. The van der Waals surface area contributed by atoms with Gasteiger partial charge >= 0.3 is 5.69 Å². The highest BCUT2D eigenvalue weighted by atomic mass is 16.6. The van der Waals surface area contributed by atoms with Crippen molar-refractivity contribution in [3.63, 3.8) is 0 Å². The van der Waals surface area contributed by atoms with Crippen LogP contribution in [-0.2, 0) is 16.8 Å². The minimum atomic E-state index is -0.694. The summed E-state index contributed by atoms with van der Waals surface area (Å²) < 4.78 is 6.10. The van der Waals surface area contributed by atoms with Gasteiger partial charge in [-0.15, -0.1) is 0 Å². The molecule has 134 valence electrons. The van der Waals surface area contributed by atoms with E-state index in [1.165, 1.54) is 23.8 Å². The number of para-hydroxylation sites is 1. The summed E-state index contributed by atoms with van der Waals surface area (Å²) in [6, 6.07) is 12.1. The van der Waals surface area contributed by atoms with Crippen LogP contribution in [-0.4, -0.2) is 40.5 Å². The number of carbonyl (C=O) groups is 1. The lowest BCUT2D eigenvalue weighted by Crippen LogP contribution is -2.51. The predicted molar refractivity (Wildman–Crippen MR) is 93.1 cm³/mol.